The van der Waals surface area contributed by atoms with Gasteiger partial charge in [0.2, 0.25) is 0 Å². The molecule has 0 amide bonds. The zero-order valence-corrected chi connectivity index (χ0v) is 11.4. The molecule has 0 aliphatic rings. The fourth-order valence-electron chi connectivity index (χ4n) is 0. The summed E-state index contributed by atoms with van der Waals surface area (Å²) in [5, 5.41) is 0. The molecule has 0 aromatic heterocycles. The summed E-state index contributed by atoms with van der Waals surface area (Å²) in [6.07, 6.45) is 0. The Labute approximate surface area is 95.9 Å². The van der Waals surface area contributed by atoms with E-state index in [0.29, 0.717) is 0 Å². The van der Waals surface area contributed by atoms with Crippen molar-refractivity contribution in [3.63, 3.8) is 0 Å². The van der Waals surface area contributed by atoms with Crippen molar-refractivity contribution in [1.82, 2.24) is 0 Å². The van der Waals surface area contributed by atoms with Gasteiger partial charge in [-0.3, -0.25) is 0 Å². The van der Waals surface area contributed by atoms with Crippen LogP contribution in [0.5, 0.6) is 0 Å². The second-order valence-electron chi connectivity index (χ2n) is 0.400. The summed E-state index contributed by atoms with van der Waals surface area (Å²) < 4.78 is 0. The van der Waals surface area contributed by atoms with Crippen LogP contribution in [-0.2, 0) is 20.4 Å². The minimum absolute atomic E-state index is 0. The first-order chi connectivity index (χ1) is 5.66. The first-order valence-corrected chi connectivity index (χ1v) is 5.37. The van der Waals surface area contributed by atoms with Gasteiger partial charge in [-0.15, -0.1) is 0 Å². The van der Waals surface area contributed by atoms with Gasteiger partial charge in [0.25, 0.3) is 0 Å². The molecular weight excluding hydrogens is 358 g/mol. The minimum Gasteiger partial charge on any atom is -0.352 e. The van der Waals surface area contributed by atoms with E-state index in [4.69, 9.17) is 39.1 Å². The Kier molecular flexibility index (Phi) is 148. The molecule has 8 nitrogen and oxygen atoms in total. The van der Waals surface area contributed by atoms with Gasteiger partial charge >= 0.3 is 0 Å². The average Bonchev–Trinajstić information content (AvgIpc) is 1.92. The Bertz CT molecular complexity index is 24.1. The van der Waals surface area contributed by atoms with Crippen LogP contribution in [0.4, 0.5) is 0 Å². The van der Waals surface area contributed by atoms with Gasteiger partial charge in [0, 0.05) is 20.4 Å². The van der Waals surface area contributed by atoms with E-state index in [-0.39, 0.29) is 20.4 Å². The molecule has 0 heterocycles. The third-order valence-corrected chi connectivity index (χ3v) is 0. The summed E-state index contributed by atoms with van der Waals surface area (Å²) >= 11 is 0. The molecule has 0 saturated heterocycles. The average molecular weight is 370 g/mol. The largest absolute Gasteiger partial charge is 0.352 e. The van der Waals surface area contributed by atoms with E-state index in [1.165, 1.54) is 0 Å². The molecule has 0 aliphatic carbocycles. The van der Waals surface area contributed by atoms with Crippen LogP contribution in [0, 0.1) is 0 Å². The molecule has 0 spiro atoms. The number of rotatable bonds is 0. The Balaban J connectivity index is -0.0000000213. The van der Waals surface area contributed by atoms with Crippen molar-refractivity contribution in [2.75, 3.05) is 0 Å². The van der Waals surface area contributed by atoms with E-state index in [0.717, 1.165) is 0 Å². The van der Waals surface area contributed by atoms with Crippen LogP contribution in [0.25, 0.3) is 0 Å². The van der Waals surface area contributed by atoms with E-state index in [1.807, 2.05) is 0 Å². The molecule has 0 aliphatic heterocycles. The van der Waals surface area contributed by atoms with Crippen LogP contribution in [-0.4, -0.2) is 39.1 Å². The van der Waals surface area contributed by atoms with Crippen LogP contribution < -0.4 is 0 Å². The van der Waals surface area contributed by atoms with Gasteiger partial charge in [-0.05, 0) is 0 Å². The maximum atomic E-state index is 7.15. The van der Waals surface area contributed by atoms with Gasteiger partial charge in [0.15, 0.2) is 0 Å². The first kappa shape index (κ1) is 29.4. The van der Waals surface area contributed by atoms with Crippen molar-refractivity contribution >= 4 is 36.1 Å². The smallest absolute Gasteiger partial charge is 0.149 e. The Morgan fingerprint density at radius 3 is 0.385 bits per heavy atom. The summed E-state index contributed by atoms with van der Waals surface area (Å²) in [6.45, 7) is 0. The molecule has 13 heteroatoms. The summed E-state index contributed by atoms with van der Waals surface area (Å²) in [4.78, 5) is 57.2. The molecule has 0 unspecified atom stereocenters. The van der Waals surface area contributed by atoms with Gasteiger partial charge in [0.05, 0.1) is 0 Å². The molecule has 0 bridgehead atoms. The van der Waals surface area contributed by atoms with Gasteiger partial charge in [0.1, 0.15) is 36.1 Å². The summed E-state index contributed by atoms with van der Waals surface area (Å²) in [6, 6.07) is 0. The molecule has 0 fully saturated rings. The molecule has 0 radical (unpaired) electrons. The van der Waals surface area contributed by atoms with E-state index in [1.54, 1.807) is 0 Å². The fraction of sp³-hybridized carbons (Fsp3) is 0. The Morgan fingerprint density at radius 1 is 0.385 bits per heavy atom. The second-order valence-corrected chi connectivity index (χ2v) is 1.20. The molecule has 0 atom stereocenters. The molecule has 0 aromatic carbocycles. The van der Waals surface area contributed by atoms with E-state index in [9.17, 15) is 0 Å². The van der Waals surface area contributed by atoms with Crippen molar-refractivity contribution in [3.05, 3.63) is 0 Å². The van der Waals surface area contributed by atoms with Crippen LogP contribution in [0.15, 0.2) is 0 Å². The molecule has 90 valence electrons. The molecule has 0 rings (SSSR count). The zero-order valence-electron chi connectivity index (χ0n) is 5.89. The second kappa shape index (κ2) is 65.3. The van der Waals surface area contributed by atoms with E-state index in [2.05, 4.69) is 0 Å². The monoisotopic (exact) mass is 370 g/mol. The van der Waals surface area contributed by atoms with Crippen molar-refractivity contribution in [2.45, 2.75) is 0 Å². The molecule has 0 saturated carbocycles. The minimum atomic E-state index is -0.917. The van der Waals surface area contributed by atoms with Crippen LogP contribution in [0.3, 0.4) is 0 Å². The van der Waals surface area contributed by atoms with Gasteiger partial charge in [-0.25, -0.2) is 0 Å². The topological polar surface area (TPSA) is 162 Å². The predicted molar refractivity (Wildman–Crippen MR) is 51.0 cm³/mol. The third kappa shape index (κ3) is 481. The number of hydrogen-bond acceptors (Lipinski definition) is 8. The van der Waals surface area contributed by atoms with Crippen molar-refractivity contribution in [3.8, 4) is 0 Å². The van der Waals surface area contributed by atoms with Crippen LogP contribution in [0.2, 0.25) is 0 Å². The van der Waals surface area contributed by atoms with Crippen LogP contribution >= 0.6 is 36.1 Å². The van der Waals surface area contributed by atoms with Crippen molar-refractivity contribution < 1.29 is 59.6 Å². The summed E-state index contributed by atoms with van der Waals surface area (Å²) in [5.41, 5.74) is 0. The predicted octanol–water partition coefficient (Wildman–Crippen LogP) is -2.08. The normalized spacial score (nSPS) is 5.54. The van der Waals surface area contributed by atoms with Gasteiger partial charge in [-0.2, -0.15) is 0 Å². The Hall–Kier alpha value is 2.06. The van der Waals surface area contributed by atoms with E-state index >= 15 is 0 Å². The zero-order chi connectivity index (χ0) is 10.8. The van der Waals surface area contributed by atoms with Gasteiger partial charge in [-0.1, -0.05) is 0 Å². The molecule has 0 aromatic rings. The summed E-state index contributed by atoms with van der Waals surface area (Å²) in [7, 11) is -3.67. The maximum Gasteiger partial charge on any atom is 0.149 e. The Morgan fingerprint density at radius 2 is 0.385 bits per heavy atom. The summed E-state index contributed by atoms with van der Waals surface area (Å²) in [5.74, 6) is 0. The fourth-order valence-corrected chi connectivity index (χ4v) is 0. The quantitative estimate of drug-likeness (QED) is 0.178. The number of hydrogen-bond donors (Lipinski definition) is 8. The van der Waals surface area contributed by atoms with Crippen LogP contribution in [0.1, 0.15) is 0 Å². The first-order valence-electron chi connectivity index (χ1n) is 1.79. The SMILES string of the molecule is OPO.OPO.OPO.OPO.[Pd]. The van der Waals surface area contributed by atoms with Crippen molar-refractivity contribution in [1.29, 1.82) is 0 Å². The standard InChI is InChI=1S/4H3O2P.Pd/c4*1-3-2;/h4*1-3H;. The van der Waals surface area contributed by atoms with Crippen molar-refractivity contribution in [2.24, 2.45) is 0 Å². The molecular formula is H12O8P4Pd. The molecule has 8 N–H and O–H groups in total. The maximum absolute atomic E-state index is 7.15. The van der Waals surface area contributed by atoms with Gasteiger partial charge < -0.3 is 39.1 Å². The van der Waals surface area contributed by atoms with E-state index < -0.39 is 36.1 Å². The third-order valence-electron chi connectivity index (χ3n) is 0. The molecule has 13 heavy (non-hydrogen) atoms.